The minimum atomic E-state index is -0.901. The van der Waals surface area contributed by atoms with Crippen LogP contribution in [0.1, 0.15) is 17.3 Å². The molecule has 0 radical (unpaired) electrons. The van der Waals surface area contributed by atoms with E-state index in [0.717, 1.165) is 4.90 Å². The molecular weight excluding hydrogens is 324 g/mol. The molecule has 0 aromatic heterocycles. The number of carbonyl (C=O) groups is 4. The van der Waals surface area contributed by atoms with Crippen molar-refractivity contribution in [3.05, 3.63) is 23.8 Å². The summed E-state index contributed by atoms with van der Waals surface area (Å²) < 4.78 is 9.33. The van der Waals surface area contributed by atoms with Crippen molar-refractivity contribution in [2.75, 3.05) is 24.3 Å². The molecule has 3 amide bonds. The smallest absolute Gasteiger partial charge is 0.413 e. The molecule has 1 aromatic carbocycles. The number of hydrogen-bond acceptors (Lipinski definition) is 7. The number of carbonyl (C=O) groups excluding carboxylic acids is 4. The van der Waals surface area contributed by atoms with E-state index in [1.807, 2.05) is 5.32 Å². The van der Waals surface area contributed by atoms with Gasteiger partial charge in [0.25, 0.3) is 5.91 Å². The second-order valence-corrected chi connectivity index (χ2v) is 5.41. The van der Waals surface area contributed by atoms with Gasteiger partial charge in [-0.05, 0) is 25.1 Å². The SMILES string of the molecule is CCOC(=O)NC(=O)COC(=O)c1ccc2c(c1)NC(=O)CS2. The number of amides is 3. The van der Waals surface area contributed by atoms with E-state index in [-0.39, 0.29) is 18.1 Å². The average molecular weight is 338 g/mol. The van der Waals surface area contributed by atoms with Gasteiger partial charge in [-0.15, -0.1) is 11.8 Å². The summed E-state index contributed by atoms with van der Waals surface area (Å²) in [6.45, 7) is 1.10. The number of fused-ring (bicyclic) bond motifs is 1. The first-order valence-corrected chi connectivity index (χ1v) is 7.68. The molecule has 9 heteroatoms. The molecule has 0 fully saturated rings. The minimum Gasteiger partial charge on any atom is -0.452 e. The Morgan fingerprint density at radius 2 is 2.09 bits per heavy atom. The third-order valence-corrected chi connectivity index (χ3v) is 3.77. The van der Waals surface area contributed by atoms with Crippen molar-refractivity contribution in [2.24, 2.45) is 0 Å². The number of nitrogens with one attached hydrogen (secondary N) is 2. The first-order chi connectivity index (χ1) is 11.0. The van der Waals surface area contributed by atoms with Gasteiger partial charge in [0.15, 0.2) is 6.61 Å². The summed E-state index contributed by atoms with van der Waals surface area (Å²) in [7, 11) is 0. The summed E-state index contributed by atoms with van der Waals surface area (Å²) in [5.41, 5.74) is 0.715. The van der Waals surface area contributed by atoms with Crippen molar-refractivity contribution in [3.8, 4) is 0 Å². The summed E-state index contributed by atoms with van der Waals surface area (Å²) >= 11 is 1.37. The van der Waals surface area contributed by atoms with Gasteiger partial charge in [-0.3, -0.25) is 14.9 Å². The van der Waals surface area contributed by atoms with Crippen LogP contribution in [0.15, 0.2) is 23.1 Å². The van der Waals surface area contributed by atoms with Gasteiger partial charge < -0.3 is 14.8 Å². The largest absolute Gasteiger partial charge is 0.452 e. The first kappa shape index (κ1) is 16.8. The Morgan fingerprint density at radius 3 is 2.83 bits per heavy atom. The molecule has 0 atom stereocenters. The fourth-order valence-electron chi connectivity index (χ4n) is 1.74. The molecule has 1 heterocycles. The first-order valence-electron chi connectivity index (χ1n) is 6.70. The Morgan fingerprint density at radius 1 is 1.30 bits per heavy atom. The Balaban J connectivity index is 1.91. The highest BCUT2D eigenvalue weighted by molar-refractivity contribution is 8.00. The molecule has 23 heavy (non-hydrogen) atoms. The number of anilines is 1. The molecule has 0 bridgehead atoms. The number of ether oxygens (including phenoxy) is 2. The molecule has 0 saturated carbocycles. The number of thioether (sulfide) groups is 1. The summed E-state index contributed by atoms with van der Waals surface area (Å²) in [5, 5.41) is 4.56. The highest BCUT2D eigenvalue weighted by Crippen LogP contribution is 2.32. The van der Waals surface area contributed by atoms with E-state index in [9.17, 15) is 19.2 Å². The van der Waals surface area contributed by atoms with Gasteiger partial charge in [-0.25, -0.2) is 9.59 Å². The van der Waals surface area contributed by atoms with Crippen LogP contribution in [0.3, 0.4) is 0 Å². The van der Waals surface area contributed by atoms with Crippen LogP contribution < -0.4 is 10.6 Å². The maximum Gasteiger partial charge on any atom is 0.413 e. The fourth-order valence-corrected chi connectivity index (χ4v) is 2.53. The van der Waals surface area contributed by atoms with E-state index < -0.39 is 24.6 Å². The lowest BCUT2D eigenvalue weighted by atomic mass is 10.2. The molecule has 0 spiro atoms. The summed E-state index contributed by atoms with van der Waals surface area (Å²) in [4.78, 5) is 46.5. The van der Waals surface area contributed by atoms with Crippen molar-refractivity contribution >= 4 is 41.3 Å². The molecule has 0 aliphatic carbocycles. The monoisotopic (exact) mass is 338 g/mol. The van der Waals surface area contributed by atoms with E-state index >= 15 is 0 Å². The molecule has 0 unspecified atom stereocenters. The summed E-state index contributed by atoms with van der Waals surface area (Å²) in [6.07, 6.45) is -0.901. The van der Waals surface area contributed by atoms with Crippen LogP contribution in [0.2, 0.25) is 0 Å². The number of rotatable bonds is 4. The van der Waals surface area contributed by atoms with Gasteiger partial charge in [0.2, 0.25) is 5.91 Å². The van der Waals surface area contributed by atoms with E-state index in [4.69, 9.17) is 4.74 Å². The lowest BCUT2D eigenvalue weighted by molar-refractivity contribution is -0.123. The summed E-state index contributed by atoms with van der Waals surface area (Å²) in [6, 6.07) is 4.70. The predicted molar refractivity (Wildman–Crippen MR) is 81.2 cm³/mol. The Bertz CT molecular complexity index is 661. The van der Waals surface area contributed by atoms with Crippen molar-refractivity contribution < 1.29 is 28.7 Å². The molecule has 2 rings (SSSR count). The molecule has 122 valence electrons. The third kappa shape index (κ3) is 4.71. The van der Waals surface area contributed by atoms with Crippen LogP contribution in [-0.2, 0) is 19.1 Å². The standard InChI is InChI=1S/C14H14N2O6S/c1-2-21-14(20)16-11(17)6-22-13(19)8-3-4-10-9(5-8)15-12(18)7-23-10/h3-5H,2,6-7H2,1H3,(H,15,18)(H,16,17,20). The van der Waals surface area contributed by atoms with E-state index in [1.54, 1.807) is 13.0 Å². The Labute approximate surface area is 135 Å². The van der Waals surface area contributed by atoms with Crippen molar-refractivity contribution in [1.29, 1.82) is 0 Å². The molecule has 0 saturated heterocycles. The second kappa shape index (κ2) is 7.63. The number of hydrogen-bond donors (Lipinski definition) is 2. The van der Waals surface area contributed by atoms with Gasteiger partial charge in [0.05, 0.1) is 23.6 Å². The molecule has 1 aliphatic heterocycles. The quantitative estimate of drug-likeness (QED) is 0.793. The number of alkyl carbamates (subject to hydrolysis) is 1. The van der Waals surface area contributed by atoms with E-state index in [2.05, 4.69) is 10.1 Å². The maximum atomic E-state index is 11.9. The predicted octanol–water partition coefficient (Wildman–Crippen LogP) is 1.16. The van der Waals surface area contributed by atoms with Crippen LogP contribution in [0.4, 0.5) is 10.5 Å². The van der Waals surface area contributed by atoms with Gasteiger partial charge in [0, 0.05) is 4.90 Å². The van der Waals surface area contributed by atoms with Gasteiger partial charge in [0.1, 0.15) is 0 Å². The zero-order valence-electron chi connectivity index (χ0n) is 12.2. The highest BCUT2D eigenvalue weighted by atomic mass is 32.2. The Hall–Kier alpha value is -2.55. The normalized spacial score (nSPS) is 12.7. The average Bonchev–Trinajstić information content (AvgIpc) is 2.52. The molecule has 1 aromatic rings. The van der Waals surface area contributed by atoms with Gasteiger partial charge in [-0.1, -0.05) is 0 Å². The molecule has 1 aliphatic rings. The van der Waals surface area contributed by atoms with Gasteiger partial charge >= 0.3 is 12.1 Å². The summed E-state index contributed by atoms with van der Waals surface area (Å²) in [5.74, 6) is -1.36. The van der Waals surface area contributed by atoms with E-state index in [0.29, 0.717) is 11.4 Å². The highest BCUT2D eigenvalue weighted by Gasteiger charge is 2.18. The fraction of sp³-hybridized carbons (Fsp3) is 0.286. The number of esters is 1. The lowest BCUT2D eigenvalue weighted by Crippen LogP contribution is -2.34. The van der Waals surface area contributed by atoms with Crippen LogP contribution in [-0.4, -0.2) is 42.8 Å². The molecule has 8 nitrogen and oxygen atoms in total. The van der Waals surface area contributed by atoms with Crippen LogP contribution in [0.5, 0.6) is 0 Å². The van der Waals surface area contributed by atoms with E-state index in [1.165, 1.54) is 23.9 Å². The maximum absolute atomic E-state index is 11.9. The van der Waals surface area contributed by atoms with Crippen LogP contribution >= 0.6 is 11.8 Å². The zero-order valence-corrected chi connectivity index (χ0v) is 13.0. The van der Waals surface area contributed by atoms with Crippen molar-refractivity contribution in [1.82, 2.24) is 5.32 Å². The molecular formula is C14H14N2O6S. The number of benzene rings is 1. The van der Waals surface area contributed by atoms with Crippen molar-refractivity contribution in [3.63, 3.8) is 0 Å². The van der Waals surface area contributed by atoms with Crippen molar-refractivity contribution in [2.45, 2.75) is 11.8 Å². The second-order valence-electron chi connectivity index (χ2n) is 4.39. The topological polar surface area (TPSA) is 111 Å². The van der Waals surface area contributed by atoms with Crippen LogP contribution in [0.25, 0.3) is 0 Å². The lowest BCUT2D eigenvalue weighted by Gasteiger charge is -2.16. The van der Waals surface area contributed by atoms with Gasteiger partial charge in [-0.2, -0.15) is 0 Å². The third-order valence-electron chi connectivity index (χ3n) is 2.70. The molecule has 2 N–H and O–H groups in total. The minimum absolute atomic E-state index is 0.123. The Kier molecular flexibility index (Phi) is 5.58. The number of imide groups is 1. The zero-order chi connectivity index (χ0) is 16.8. The van der Waals surface area contributed by atoms with Crippen LogP contribution in [0, 0.1) is 0 Å².